The van der Waals surface area contributed by atoms with Crippen LogP contribution in [0.15, 0.2) is 0 Å². The van der Waals surface area contributed by atoms with E-state index in [0.717, 1.165) is 12.8 Å². The van der Waals surface area contributed by atoms with Gasteiger partial charge in [-0.15, -0.1) is 0 Å². The molecular weight excluding hydrogens is 220 g/mol. The molecule has 0 spiro atoms. The molecule has 0 heterocycles. The van der Waals surface area contributed by atoms with Gasteiger partial charge in [0.25, 0.3) is 5.91 Å². The molecule has 0 aromatic heterocycles. The van der Waals surface area contributed by atoms with Gasteiger partial charge in [0, 0.05) is 19.0 Å². The Morgan fingerprint density at radius 3 is 2.41 bits per heavy atom. The number of ether oxygens (including phenoxy) is 1. The van der Waals surface area contributed by atoms with Gasteiger partial charge in [-0.3, -0.25) is 9.59 Å². The van der Waals surface area contributed by atoms with E-state index in [1.165, 1.54) is 6.92 Å². The second-order valence-corrected chi connectivity index (χ2v) is 5.05. The molecule has 0 bridgehead atoms. The number of amides is 1. The van der Waals surface area contributed by atoms with Crippen molar-refractivity contribution in [3.8, 4) is 0 Å². The van der Waals surface area contributed by atoms with Gasteiger partial charge in [-0.1, -0.05) is 13.3 Å². The van der Waals surface area contributed by atoms with Crippen molar-refractivity contribution in [1.29, 1.82) is 0 Å². The molecule has 0 rings (SSSR count). The Hall–Kier alpha value is -1.10. The average Bonchev–Trinajstić information content (AvgIpc) is 2.19. The van der Waals surface area contributed by atoms with Crippen molar-refractivity contribution in [2.24, 2.45) is 11.7 Å². The lowest BCUT2D eigenvalue weighted by atomic mass is 9.90. The third-order valence-electron chi connectivity index (χ3n) is 2.39. The Labute approximate surface area is 103 Å². The highest BCUT2D eigenvalue weighted by Crippen LogP contribution is 2.15. The second kappa shape index (κ2) is 7.27. The SMILES string of the molecule is CCC(CNC(=O)COC(C)=O)CC(C)(C)N. The van der Waals surface area contributed by atoms with E-state index in [4.69, 9.17) is 5.73 Å². The first kappa shape index (κ1) is 15.9. The normalized spacial score (nSPS) is 13.0. The van der Waals surface area contributed by atoms with Gasteiger partial charge < -0.3 is 15.8 Å². The molecule has 0 saturated heterocycles. The van der Waals surface area contributed by atoms with Gasteiger partial charge in [-0.25, -0.2) is 0 Å². The molecule has 0 aliphatic carbocycles. The van der Waals surface area contributed by atoms with Crippen LogP contribution in [0.2, 0.25) is 0 Å². The molecule has 1 atom stereocenters. The predicted molar refractivity (Wildman–Crippen MR) is 66.3 cm³/mol. The van der Waals surface area contributed by atoms with Crippen LogP contribution in [-0.4, -0.2) is 30.6 Å². The lowest BCUT2D eigenvalue weighted by molar-refractivity contribution is -0.146. The molecule has 5 heteroatoms. The van der Waals surface area contributed by atoms with E-state index in [1.807, 2.05) is 13.8 Å². The Morgan fingerprint density at radius 1 is 1.41 bits per heavy atom. The fourth-order valence-electron chi connectivity index (χ4n) is 1.58. The quantitative estimate of drug-likeness (QED) is 0.650. The first-order chi connectivity index (χ1) is 7.74. The molecule has 0 aromatic rings. The molecule has 0 aliphatic heterocycles. The zero-order valence-electron chi connectivity index (χ0n) is 11.2. The van der Waals surface area contributed by atoms with Crippen LogP contribution >= 0.6 is 0 Å². The third-order valence-corrected chi connectivity index (χ3v) is 2.39. The molecule has 0 aliphatic rings. The highest BCUT2D eigenvalue weighted by atomic mass is 16.5. The van der Waals surface area contributed by atoms with Crippen LogP contribution in [-0.2, 0) is 14.3 Å². The standard InChI is InChI=1S/C12H24N2O3/c1-5-10(6-12(3,4)13)7-14-11(16)8-17-9(2)15/h10H,5-8,13H2,1-4H3,(H,14,16). The molecule has 0 fully saturated rings. The first-order valence-corrected chi connectivity index (χ1v) is 5.93. The molecule has 0 saturated carbocycles. The summed E-state index contributed by atoms with van der Waals surface area (Å²) in [7, 11) is 0. The number of hydrogen-bond acceptors (Lipinski definition) is 4. The fourth-order valence-corrected chi connectivity index (χ4v) is 1.58. The average molecular weight is 244 g/mol. The van der Waals surface area contributed by atoms with Crippen molar-refractivity contribution >= 4 is 11.9 Å². The van der Waals surface area contributed by atoms with E-state index in [9.17, 15) is 9.59 Å². The lowest BCUT2D eigenvalue weighted by Gasteiger charge is -2.25. The molecule has 100 valence electrons. The van der Waals surface area contributed by atoms with Gasteiger partial charge in [0.05, 0.1) is 0 Å². The van der Waals surface area contributed by atoms with Gasteiger partial charge in [0.1, 0.15) is 0 Å². The smallest absolute Gasteiger partial charge is 0.303 e. The molecule has 17 heavy (non-hydrogen) atoms. The summed E-state index contributed by atoms with van der Waals surface area (Å²) in [6, 6.07) is 0. The summed E-state index contributed by atoms with van der Waals surface area (Å²) >= 11 is 0. The number of hydrogen-bond donors (Lipinski definition) is 2. The van der Waals surface area contributed by atoms with E-state index in [2.05, 4.69) is 17.0 Å². The van der Waals surface area contributed by atoms with Crippen LogP contribution in [0.5, 0.6) is 0 Å². The molecule has 3 N–H and O–H groups in total. The number of esters is 1. The van der Waals surface area contributed by atoms with Crippen LogP contribution in [0.3, 0.4) is 0 Å². The number of rotatable bonds is 7. The highest BCUT2D eigenvalue weighted by Gasteiger charge is 2.18. The van der Waals surface area contributed by atoms with Crippen LogP contribution in [0.25, 0.3) is 0 Å². The van der Waals surface area contributed by atoms with Gasteiger partial charge in [-0.05, 0) is 26.2 Å². The van der Waals surface area contributed by atoms with Crippen LogP contribution < -0.4 is 11.1 Å². The summed E-state index contributed by atoms with van der Waals surface area (Å²) in [5.74, 6) is -0.375. The van der Waals surface area contributed by atoms with Crippen molar-refractivity contribution in [3.05, 3.63) is 0 Å². The second-order valence-electron chi connectivity index (χ2n) is 5.05. The minimum atomic E-state index is -0.449. The van der Waals surface area contributed by atoms with Crippen LogP contribution in [0, 0.1) is 5.92 Å². The van der Waals surface area contributed by atoms with Gasteiger partial charge in [0.2, 0.25) is 0 Å². The van der Waals surface area contributed by atoms with E-state index in [0.29, 0.717) is 12.5 Å². The van der Waals surface area contributed by atoms with E-state index < -0.39 is 5.97 Å². The Bertz CT molecular complexity index is 259. The Morgan fingerprint density at radius 2 is 2.00 bits per heavy atom. The number of carbonyl (C=O) groups excluding carboxylic acids is 2. The van der Waals surface area contributed by atoms with Crippen molar-refractivity contribution in [1.82, 2.24) is 5.32 Å². The predicted octanol–water partition coefficient (Wildman–Crippen LogP) is 0.819. The molecule has 0 aromatic carbocycles. The minimum Gasteiger partial charge on any atom is -0.456 e. The molecular formula is C12H24N2O3. The van der Waals surface area contributed by atoms with Crippen molar-refractivity contribution in [3.63, 3.8) is 0 Å². The van der Waals surface area contributed by atoms with E-state index in [-0.39, 0.29) is 18.1 Å². The maximum Gasteiger partial charge on any atom is 0.303 e. The monoisotopic (exact) mass is 244 g/mol. The number of carbonyl (C=O) groups is 2. The van der Waals surface area contributed by atoms with Gasteiger partial charge >= 0.3 is 5.97 Å². The van der Waals surface area contributed by atoms with Gasteiger partial charge in [-0.2, -0.15) is 0 Å². The zero-order valence-corrected chi connectivity index (χ0v) is 11.2. The largest absolute Gasteiger partial charge is 0.456 e. The summed E-state index contributed by atoms with van der Waals surface area (Å²) in [6.45, 7) is 7.63. The van der Waals surface area contributed by atoms with Crippen LogP contribution in [0.4, 0.5) is 0 Å². The number of nitrogens with one attached hydrogen (secondary N) is 1. The molecule has 5 nitrogen and oxygen atoms in total. The van der Waals surface area contributed by atoms with Crippen LogP contribution in [0.1, 0.15) is 40.5 Å². The zero-order chi connectivity index (χ0) is 13.5. The summed E-state index contributed by atoms with van der Waals surface area (Å²) in [4.78, 5) is 21.8. The highest BCUT2D eigenvalue weighted by molar-refractivity contribution is 5.79. The molecule has 0 radical (unpaired) electrons. The fraction of sp³-hybridized carbons (Fsp3) is 0.833. The van der Waals surface area contributed by atoms with Gasteiger partial charge in [0.15, 0.2) is 6.61 Å². The molecule has 1 unspecified atom stereocenters. The molecule has 1 amide bonds. The summed E-state index contributed by atoms with van der Waals surface area (Å²) in [6.07, 6.45) is 1.80. The van der Waals surface area contributed by atoms with E-state index >= 15 is 0 Å². The maximum atomic E-state index is 11.3. The summed E-state index contributed by atoms with van der Waals surface area (Å²) in [5.41, 5.74) is 5.70. The minimum absolute atomic E-state index is 0.211. The number of nitrogens with two attached hydrogens (primary N) is 1. The van der Waals surface area contributed by atoms with Crippen molar-refractivity contribution < 1.29 is 14.3 Å². The first-order valence-electron chi connectivity index (χ1n) is 5.93. The van der Waals surface area contributed by atoms with E-state index in [1.54, 1.807) is 0 Å². The van der Waals surface area contributed by atoms with Crippen molar-refractivity contribution in [2.45, 2.75) is 46.1 Å². The Balaban J connectivity index is 3.90. The topological polar surface area (TPSA) is 81.4 Å². The Kier molecular flexibility index (Phi) is 6.80. The third kappa shape index (κ3) is 9.81. The van der Waals surface area contributed by atoms with Crippen molar-refractivity contribution in [2.75, 3.05) is 13.2 Å². The summed E-state index contributed by atoms with van der Waals surface area (Å²) < 4.78 is 4.59. The summed E-state index contributed by atoms with van der Waals surface area (Å²) in [5, 5.41) is 2.74. The maximum absolute atomic E-state index is 11.3. The lowest BCUT2D eigenvalue weighted by Crippen LogP contribution is -2.39.